The summed E-state index contributed by atoms with van der Waals surface area (Å²) in [7, 11) is -2.17. The van der Waals surface area contributed by atoms with Gasteiger partial charge in [-0.25, -0.2) is 4.39 Å². The molecule has 0 aliphatic heterocycles. The Bertz CT molecular complexity index is 432. The smallest absolute Gasteiger partial charge is 0.485 e. The average molecular weight is 289 g/mol. The Hall–Kier alpha value is -1.35. The van der Waals surface area contributed by atoms with Crippen molar-refractivity contribution in [2.24, 2.45) is 0 Å². The molecule has 0 unspecified atom stereocenters. The fourth-order valence-corrected chi connectivity index (χ4v) is 0.991. The Kier molecular flexibility index (Phi) is 6.43. The number of benzene rings is 1. The van der Waals surface area contributed by atoms with Gasteiger partial charge in [-0.05, 0) is 39.8 Å². The third kappa shape index (κ3) is 6.20. The summed E-state index contributed by atoms with van der Waals surface area (Å²) in [4.78, 5) is 0. The van der Waals surface area contributed by atoms with Crippen LogP contribution in [0.25, 0.3) is 0 Å². The molecular weight excluding hydrogens is 268 g/mol. The van der Waals surface area contributed by atoms with Gasteiger partial charge in [0, 0.05) is 6.07 Å². The Morgan fingerprint density at radius 1 is 1.15 bits per heavy atom. The summed E-state index contributed by atoms with van der Waals surface area (Å²) < 4.78 is 18.7. The first kappa shape index (κ1) is 18.7. The van der Waals surface area contributed by atoms with Crippen LogP contribution in [0.4, 0.5) is 10.1 Å². The van der Waals surface area contributed by atoms with Gasteiger partial charge in [-0.1, -0.05) is 0 Å². The highest BCUT2D eigenvalue weighted by Gasteiger charge is 2.37. The first-order valence-electron chi connectivity index (χ1n) is 5.87. The van der Waals surface area contributed by atoms with Crippen molar-refractivity contribution in [3.63, 3.8) is 0 Å². The number of hydrogen-bond donors (Lipinski definition) is 5. The zero-order valence-electron chi connectivity index (χ0n) is 12.0. The zero-order valence-corrected chi connectivity index (χ0v) is 12.0. The Morgan fingerprint density at radius 2 is 1.60 bits per heavy atom. The number of aliphatic hydroxyl groups is 1. The van der Waals surface area contributed by atoms with E-state index in [1.54, 1.807) is 33.8 Å². The third-order valence-corrected chi connectivity index (χ3v) is 2.82. The quantitative estimate of drug-likeness (QED) is 0.403. The maximum Gasteiger partial charge on any atom is 0.631 e. The molecule has 6 N–H and O–H groups in total. The summed E-state index contributed by atoms with van der Waals surface area (Å²) in [6.07, 6.45) is 0. The molecule has 0 radical (unpaired) electrons. The van der Waals surface area contributed by atoms with Gasteiger partial charge in [0.15, 0.2) is 0 Å². The van der Waals surface area contributed by atoms with E-state index in [0.717, 1.165) is 0 Å². The highest BCUT2D eigenvalue weighted by atomic mass is 19.1. The van der Waals surface area contributed by atoms with Crippen molar-refractivity contribution < 1.29 is 29.3 Å². The van der Waals surface area contributed by atoms with Crippen LogP contribution in [0.1, 0.15) is 27.7 Å². The highest BCUT2D eigenvalue weighted by molar-refractivity contribution is 6.30. The molecule has 0 aliphatic rings. The number of nitrogens with two attached hydrogens (primary N) is 1. The largest absolute Gasteiger partial charge is 0.631 e. The minimum absolute atomic E-state index is 0.0772. The molecule has 0 bridgehead atoms. The summed E-state index contributed by atoms with van der Waals surface area (Å²) in [5, 5.41) is 31.4. The van der Waals surface area contributed by atoms with Crippen LogP contribution >= 0.6 is 0 Å². The maximum absolute atomic E-state index is 13.2. The first-order valence-corrected chi connectivity index (χ1v) is 5.87. The van der Waals surface area contributed by atoms with Gasteiger partial charge in [-0.15, -0.1) is 0 Å². The van der Waals surface area contributed by atoms with Crippen molar-refractivity contribution in [2.75, 3.05) is 5.73 Å². The van der Waals surface area contributed by atoms with E-state index in [9.17, 15) is 9.50 Å². The van der Waals surface area contributed by atoms with E-state index in [1.807, 2.05) is 0 Å². The van der Waals surface area contributed by atoms with E-state index in [-0.39, 0.29) is 5.69 Å². The van der Waals surface area contributed by atoms with Crippen molar-refractivity contribution in [1.29, 1.82) is 0 Å². The van der Waals surface area contributed by atoms with E-state index >= 15 is 0 Å². The van der Waals surface area contributed by atoms with Crippen molar-refractivity contribution in [2.45, 2.75) is 38.9 Å². The van der Waals surface area contributed by atoms with Crippen molar-refractivity contribution in [3.8, 4) is 5.75 Å². The van der Waals surface area contributed by atoms with Gasteiger partial charge >= 0.3 is 7.32 Å². The average Bonchev–Trinajstić information content (AvgIpc) is 2.20. The van der Waals surface area contributed by atoms with Gasteiger partial charge < -0.3 is 30.6 Å². The summed E-state index contributed by atoms with van der Waals surface area (Å²) >= 11 is 0. The lowest BCUT2D eigenvalue weighted by atomic mass is 9.89. The molecule has 8 heteroatoms. The molecule has 114 valence electrons. The lowest BCUT2D eigenvalue weighted by Gasteiger charge is -2.37. The Labute approximate surface area is 117 Å². The summed E-state index contributed by atoms with van der Waals surface area (Å²) in [5.41, 5.74) is 3.57. The monoisotopic (exact) mass is 289 g/mol. The Morgan fingerprint density at radius 3 is 1.95 bits per heavy atom. The van der Waals surface area contributed by atoms with Crippen molar-refractivity contribution in [1.82, 2.24) is 0 Å². The van der Waals surface area contributed by atoms with Gasteiger partial charge in [0.1, 0.15) is 17.2 Å². The zero-order chi connectivity index (χ0) is 16.1. The molecule has 0 saturated heterocycles. The van der Waals surface area contributed by atoms with E-state index < -0.39 is 24.3 Å². The fraction of sp³-hybridized carbons (Fsp3) is 0.500. The topological polar surface area (TPSA) is 116 Å². The van der Waals surface area contributed by atoms with Crippen LogP contribution in [-0.2, 0) is 0 Å². The van der Waals surface area contributed by atoms with Crippen LogP contribution in [0.2, 0.25) is 0 Å². The van der Waals surface area contributed by atoms with E-state index in [0.29, 0.717) is 5.75 Å². The van der Waals surface area contributed by atoms with Gasteiger partial charge in [0.05, 0.1) is 11.3 Å². The van der Waals surface area contributed by atoms with Crippen LogP contribution in [0.5, 0.6) is 5.75 Å². The molecule has 0 spiro atoms. The number of anilines is 1. The third-order valence-electron chi connectivity index (χ3n) is 2.82. The molecule has 1 aromatic carbocycles. The van der Waals surface area contributed by atoms with Gasteiger partial charge in [0.25, 0.3) is 0 Å². The van der Waals surface area contributed by atoms with Crippen molar-refractivity contribution in [3.05, 3.63) is 24.0 Å². The molecule has 0 saturated carbocycles. The maximum atomic E-state index is 13.2. The molecule has 1 rings (SSSR count). The molecule has 0 amide bonds. The predicted molar refractivity (Wildman–Crippen MR) is 74.2 cm³/mol. The second-order valence-corrected chi connectivity index (χ2v) is 5.20. The highest BCUT2D eigenvalue weighted by Crippen LogP contribution is 2.29. The lowest BCUT2D eigenvalue weighted by molar-refractivity contribution is -0.0907. The van der Waals surface area contributed by atoms with Gasteiger partial charge in [0.2, 0.25) is 0 Å². The molecule has 0 atom stereocenters. The van der Waals surface area contributed by atoms with Crippen LogP contribution in [-0.4, -0.2) is 38.7 Å². The fourth-order valence-electron chi connectivity index (χ4n) is 0.991. The normalized spacial score (nSPS) is 11.4. The van der Waals surface area contributed by atoms with Crippen molar-refractivity contribution >= 4 is 13.0 Å². The summed E-state index contributed by atoms with van der Waals surface area (Å²) in [5.74, 6) is -0.178. The molecular formula is C12H21BFNO5. The summed E-state index contributed by atoms with van der Waals surface area (Å²) in [6, 6.07) is 4.22. The van der Waals surface area contributed by atoms with E-state index in [4.69, 9.17) is 25.5 Å². The Balaban J connectivity index is 0.000000796. The molecule has 0 aromatic heterocycles. The number of rotatable bonds is 3. The SMILES string of the molecule is CC(C)(O)C(C)(C)Oc1ccc(N)c(F)c1.OB(O)O. The number of halogens is 1. The predicted octanol–water partition coefficient (Wildman–Crippen LogP) is 0.284. The number of hydrogen-bond acceptors (Lipinski definition) is 6. The van der Waals surface area contributed by atoms with Gasteiger partial charge in [-0.3, -0.25) is 0 Å². The van der Waals surface area contributed by atoms with Gasteiger partial charge in [-0.2, -0.15) is 0 Å². The number of nitrogen functional groups attached to an aromatic ring is 1. The number of ether oxygens (including phenoxy) is 1. The van der Waals surface area contributed by atoms with Crippen LogP contribution in [0.3, 0.4) is 0 Å². The molecule has 0 fully saturated rings. The molecule has 6 nitrogen and oxygen atoms in total. The van der Waals surface area contributed by atoms with Crippen LogP contribution in [0, 0.1) is 5.82 Å². The van der Waals surface area contributed by atoms with E-state index in [2.05, 4.69) is 0 Å². The van der Waals surface area contributed by atoms with E-state index in [1.165, 1.54) is 12.1 Å². The second kappa shape index (κ2) is 6.89. The minimum atomic E-state index is -2.17. The second-order valence-electron chi connectivity index (χ2n) is 5.20. The minimum Gasteiger partial charge on any atom is -0.485 e. The first-order chi connectivity index (χ1) is 8.86. The molecule has 20 heavy (non-hydrogen) atoms. The standard InChI is InChI=1S/C12H18FNO2.BH3O3/c1-11(2,15)12(3,4)16-8-5-6-10(14)9(13)7-8;2-1(3)4/h5-7,15H,14H2,1-4H3;2-4H. The molecule has 1 aromatic rings. The molecule has 0 heterocycles. The molecule has 0 aliphatic carbocycles. The van der Waals surface area contributed by atoms with Crippen LogP contribution in [0.15, 0.2) is 18.2 Å². The lowest BCUT2D eigenvalue weighted by Crippen LogP contribution is -2.49. The van der Waals surface area contributed by atoms with Crippen LogP contribution < -0.4 is 10.5 Å². The summed E-state index contributed by atoms with van der Waals surface area (Å²) in [6.45, 7) is 6.75.